The minimum Gasteiger partial charge on any atom is -0.354 e. The van der Waals surface area contributed by atoms with Crippen LogP contribution in [0.2, 0.25) is 0 Å². The van der Waals surface area contributed by atoms with Gasteiger partial charge in [-0.25, -0.2) is 0 Å². The molecule has 2 saturated heterocycles. The lowest BCUT2D eigenvalue weighted by Crippen LogP contribution is -2.49. The molecule has 5 nitrogen and oxygen atoms in total. The first-order valence-electron chi connectivity index (χ1n) is 6.94. The molecule has 0 spiro atoms. The quantitative estimate of drug-likeness (QED) is 0.746. The number of nitrogens with two attached hydrogens (primary N) is 1. The molecule has 2 rings (SSSR count). The van der Waals surface area contributed by atoms with Gasteiger partial charge >= 0.3 is 0 Å². The minimum absolute atomic E-state index is 0.0145. The van der Waals surface area contributed by atoms with E-state index in [2.05, 4.69) is 12.2 Å². The van der Waals surface area contributed by atoms with Crippen LogP contribution in [0.3, 0.4) is 0 Å². The molecule has 0 radical (unpaired) electrons. The van der Waals surface area contributed by atoms with Crippen molar-refractivity contribution in [2.75, 3.05) is 19.6 Å². The summed E-state index contributed by atoms with van der Waals surface area (Å²) in [5.41, 5.74) is 5.65. The van der Waals surface area contributed by atoms with Gasteiger partial charge in [0.15, 0.2) is 0 Å². The van der Waals surface area contributed by atoms with Crippen molar-refractivity contribution >= 4 is 11.8 Å². The van der Waals surface area contributed by atoms with Crippen LogP contribution in [0.5, 0.6) is 0 Å². The van der Waals surface area contributed by atoms with Crippen LogP contribution in [-0.2, 0) is 9.59 Å². The first-order chi connectivity index (χ1) is 8.67. The van der Waals surface area contributed by atoms with Gasteiger partial charge in [-0.05, 0) is 25.3 Å². The molecule has 3 unspecified atom stereocenters. The van der Waals surface area contributed by atoms with Gasteiger partial charge in [-0.2, -0.15) is 0 Å². The second kappa shape index (κ2) is 5.69. The van der Waals surface area contributed by atoms with Gasteiger partial charge in [-0.1, -0.05) is 13.3 Å². The molecule has 2 amide bonds. The summed E-state index contributed by atoms with van der Waals surface area (Å²) in [6.45, 7) is 4.02. The largest absolute Gasteiger partial charge is 0.354 e. The fourth-order valence-electron chi connectivity index (χ4n) is 3.02. The number of piperidine rings is 1. The molecule has 0 aromatic heterocycles. The highest BCUT2D eigenvalue weighted by Gasteiger charge is 2.42. The first-order valence-corrected chi connectivity index (χ1v) is 6.94. The molecule has 3 atom stereocenters. The molecule has 2 aliphatic rings. The lowest BCUT2D eigenvalue weighted by Gasteiger charge is -2.36. The summed E-state index contributed by atoms with van der Waals surface area (Å²) in [4.78, 5) is 25.9. The number of hydrogen-bond acceptors (Lipinski definition) is 3. The highest BCUT2D eigenvalue weighted by Crippen LogP contribution is 2.28. The van der Waals surface area contributed by atoms with E-state index >= 15 is 0 Å². The Morgan fingerprint density at radius 1 is 1.61 bits per heavy atom. The number of fused-ring (bicyclic) bond motifs is 1. The van der Waals surface area contributed by atoms with Crippen molar-refractivity contribution in [3.63, 3.8) is 0 Å². The number of hydrogen-bond donors (Lipinski definition) is 2. The molecule has 0 bridgehead atoms. The molecular weight excluding hydrogens is 230 g/mol. The van der Waals surface area contributed by atoms with Gasteiger partial charge in [0.25, 0.3) is 0 Å². The van der Waals surface area contributed by atoms with Crippen molar-refractivity contribution < 1.29 is 9.59 Å². The zero-order valence-corrected chi connectivity index (χ0v) is 11.0. The number of amides is 2. The number of carbonyl (C=O) groups excluding carboxylic acids is 2. The first kappa shape index (κ1) is 13.3. The van der Waals surface area contributed by atoms with Crippen LogP contribution in [0.15, 0.2) is 0 Å². The van der Waals surface area contributed by atoms with Crippen LogP contribution < -0.4 is 11.1 Å². The average molecular weight is 253 g/mol. The molecule has 5 heteroatoms. The van der Waals surface area contributed by atoms with Gasteiger partial charge < -0.3 is 16.0 Å². The smallest absolute Gasteiger partial charge is 0.225 e. The zero-order valence-electron chi connectivity index (χ0n) is 11.0. The molecule has 18 heavy (non-hydrogen) atoms. The maximum absolute atomic E-state index is 12.3. The molecular formula is C13H23N3O2. The van der Waals surface area contributed by atoms with Crippen LogP contribution in [0.1, 0.15) is 32.6 Å². The third kappa shape index (κ3) is 2.51. The molecule has 0 saturated carbocycles. The summed E-state index contributed by atoms with van der Waals surface area (Å²) in [5.74, 6) is 0.561. The van der Waals surface area contributed by atoms with Crippen molar-refractivity contribution in [2.45, 2.75) is 38.6 Å². The van der Waals surface area contributed by atoms with Crippen molar-refractivity contribution in [2.24, 2.45) is 17.6 Å². The SMILES string of the molecule is CCC(CN)CC(=O)N1CCCC2C(=O)NCC21. The predicted octanol–water partition coefficient (Wildman–Crippen LogP) is 0.0984. The summed E-state index contributed by atoms with van der Waals surface area (Å²) in [7, 11) is 0. The Hall–Kier alpha value is -1.10. The van der Waals surface area contributed by atoms with Crippen molar-refractivity contribution in [1.29, 1.82) is 0 Å². The fraction of sp³-hybridized carbons (Fsp3) is 0.846. The van der Waals surface area contributed by atoms with Gasteiger partial charge in [0.1, 0.15) is 0 Å². The standard InChI is InChI=1S/C13H23N3O2/c1-2-9(7-14)6-12(17)16-5-3-4-10-11(16)8-15-13(10)18/h9-11H,2-8,14H2,1H3,(H,15,18). The van der Waals surface area contributed by atoms with Crippen LogP contribution >= 0.6 is 0 Å². The molecule has 0 aliphatic carbocycles. The molecule has 3 N–H and O–H groups in total. The Morgan fingerprint density at radius 3 is 3.06 bits per heavy atom. The van der Waals surface area contributed by atoms with Crippen LogP contribution in [0, 0.1) is 11.8 Å². The van der Waals surface area contributed by atoms with E-state index in [0.29, 0.717) is 19.5 Å². The van der Waals surface area contributed by atoms with E-state index in [9.17, 15) is 9.59 Å². The average Bonchev–Trinajstić information content (AvgIpc) is 2.77. The van der Waals surface area contributed by atoms with Gasteiger partial charge in [-0.3, -0.25) is 9.59 Å². The maximum Gasteiger partial charge on any atom is 0.225 e. The van der Waals surface area contributed by atoms with Gasteiger partial charge in [0.2, 0.25) is 11.8 Å². The Bertz CT molecular complexity index is 328. The third-order valence-electron chi connectivity index (χ3n) is 4.30. The number of likely N-dealkylation sites (tertiary alicyclic amines) is 1. The Balaban J connectivity index is 1.99. The van der Waals surface area contributed by atoms with Crippen molar-refractivity contribution in [3.8, 4) is 0 Å². The number of nitrogens with zero attached hydrogens (tertiary/aromatic N) is 1. The number of nitrogens with one attached hydrogen (secondary N) is 1. The highest BCUT2D eigenvalue weighted by atomic mass is 16.2. The second-order valence-corrected chi connectivity index (χ2v) is 5.36. The Kier molecular flexibility index (Phi) is 4.22. The molecule has 0 aromatic rings. The summed E-state index contributed by atoms with van der Waals surface area (Å²) < 4.78 is 0. The third-order valence-corrected chi connectivity index (χ3v) is 4.30. The predicted molar refractivity (Wildman–Crippen MR) is 68.7 cm³/mol. The van der Waals surface area contributed by atoms with E-state index < -0.39 is 0 Å². The van der Waals surface area contributed by atoms with Gasteiger partial charge in [0.05, 0.1) is 12.0 Å². The zero-order chi connectivity index (χ0) is 13.1. The summed E-state index contributed by atoms with van der Waals surface area (Å²) >= 11 is 0. The van der Waals surface area contributed by atoms with E-state index in [1.165, 1.54) is 0 Å². The Labute approximate surface area is 108 Å². The number of carbonyl (C=O) groups is 2. The number of rotatable bonds is 4. The van der Waals surface area contributed by atoms with Crippen LogP contribution in [-0.4, -0.2) is 42.4 Å². The highest BCUT2D eigenvalue weighted by molar-refractivity contribution is 5.84. The van der Waals surface area contributed by atoms with E-state index in [4.69, 9.17) is 5.73 Å². The molecule has 2 fully saturated rings. The van der Waals surface area contributed by atoms with Crippen LogP contribution in [0.25, 0.3) is 0 Å². The second-order valence-electron chi connectivity index (χ2n) is 5.36. The fourth-order valence-corrected chi connectivity index (χ4v) is 3.02. The van der Waals surface area contributed by atoms with Gasteiger partial charge in [0, 0.05) is 19.5 Å². The van der Waals surface area contributed by atoms with E-state index in [0.717, 1.165) is 25.8 Å². The maximum atomic E-state index is 12.3. The van der Waals surface area contributed by atoms with Crippen molar-refractivity contribution in [1.82, 2.24) is 10.2 Å². The molecule has 2 aliphatic heterocycles. The molecule has 102 valence electrons. The lowest BCUT2D eigenvalue weighted by atomic mass is 9.90. The van der Waals surface area contributed by atoms with E-state index in [1.54, 1.807) is 0 Å². The summed E-state index contributed by atoms with van der Waals surface area (Å²) in [6.07, 6.45) is 3.29. The monoisotopic (exact) mass is 253 g/mol. The van der Waals surface area contributed by atoms with E-state index in [-0.39, 0.29) is 29.7 Å². The summed E-state index contributed by atoms with van der Waals surface area (Å²) in [6, 6.07) is 0.0778. The van der Waals surface area contributed by atoms with E-state index in [1.807, 2.05) is 4.90 Å². The van der Waals surface area contributed by atoms with Crippen molar-refractivity contribution in [3.05, 3.63) is 0 Å². The van der Waals surface area contributed by atoms with Crippen LogP contribution in [0.4, 0.5) is 0 Å². The Morgan fingerprint density at radius 2 is 2.39 bits per heavy atom. The lowest BCUT2D eigenvalue weighted by molar-refractivity contribution is -0.137. The molecule has 2 heterocycles. The molecule has 0 aromatic carbocycles. The topological polar surface area (TPSA) is 75.4 Å². The minimum atomic E-state index is 0.0145. The summed E-state index contributed by atoms with van der Waals surface area (Å²) in [5, 5.41) is 2.87. The normalized spacial score (nSPS) is 28.8. The van der Waals surface area contributed by atoms with Gasteiger partial charge in [-0.15, -0.1) is 0 Å².